The van der Waals surface area contributed by atoms with Crippen LogP contribution in [0.5, 0.6) is 0 Å². The lowest BCUT2D eigenvalue weighted by Crippen LogP contribution is -2.67. The largest absolute Gasteiger partial charge is 0.399 e. The summed E-state index contributed by atoms with van der Waals surface area (Å²) in [5, 5.41) is 3.21. The van der Waals surface area contributed by atoms with Crippen molar-refractivity contribution in [2.45, 2.75) is 51.2 Å². The molecule has 3 rings (SSSR count). The van der Waals surface area contributed by atoms with Gasteiger partial charge in [-0.05, 0) is 43.9 Å². The molecule has 21 heavy (non-hydrogen) atoms. The molecule has 0 aliphatic heterocycles. The SMILES string of the molecule is CCOC1CC(NC(=O)Cc2ccc(N)cc2)C12CCC2. The number of nitrogen functional groups attached to an aromatic ring is 1. The molecule has 0 saturated heterocycles. The molecule has 2 unspecified atom stereocenters. The molecule has 0 heterocycles. The Bertz CT molecular complexity index is 508. The highest BCUT2D eigenvalue weighted by molar-refractivity contribution is 5.79. The maximum Gasteiger partial charge on any atom is 0.224 e. The number of nitrogens with two attached hydrogens (primary N) is 1. The number of nitrogens with one attached hydrogen (secondary N) is 1. The second kappa shape index (κ2) is 5.68. The lowest BCUT2D eigenvalue weighted by molar-refractivity contribution is -0.175. The highest BCUT2D eigenvalue weighted by atomic mass is 16.5. The van der Waals surface area contributed by atoms with Crippen LogP contribution in [0, 0.1) is 5.41 Å². The smallest absolute Gasteiger partial charge is 0.224 e. The van der Waals surface area contributed by atoms with Gasteiger partial charge in [-0.25, -0.2) is 0 Å². The Morgan fingerprint density at radius 3 is 2.67 bits per heavy atom. The summed E-state index contributed by atoms with van der Waals surface area (Å²) in [4.78, 5) is 12.2. The van der Waals surface area contributed by atoms with Crippen LogP contribution in [-0.4, -0.2) is 24.7 Å². The molecule has 0 radical (unpaired) electrons. The third-order valence-electron chi connectivity index (χ3n) is 5.12. The maximum atomic E-state index is 12.2. The van der Waals surface area contributed by atoms with Crippen molar-refractivity contribution < 1.29 is 9.53 Å². The molecular formula is C17H24N2O2. The average Bonchev–Trinajstić information content (AvgIpc) is 2.38. The van der Waals surface area contributed by atoms with Crippen molar-refractivity contribution in [1.29, 1.82) is 0 Å². The molecule has 1 aromatic rings. The number of carbonyl (C=O) groups excluding carboxylic acids is 1. The Kier molecular flexibility index (Phi) is 3.89. The van der Waals surface area contributed by atoms with Gasteiger partial charge >= 0.3 is 0 Å². The number of carbonyl (C=O) groups is 1. The van der Waals surface area contributed by atoms with Gasteiger partial charge in [0.05, 0.1) is 12.5 Å². The minimum atomic E-state index is 0.103. The van der Waals surface area contributed by atoms with Crippen LogP contribution in [0.25, 0.3) is 0 Å². The predicted octanol–water partition coefficient (Wildman–Crippen LogP) is 2.28. The first-order chi connectivity index (χ1) is 10.1. The van der Waals surface area contributed by atoms with Gasteiger partial charge in [0, 0.05) is 23.8 Å². The second-order valence-corrected chi connectivity index (χ2v) is 6.30. The number of anilines is 1. The first-order valence-corrected chi connectivity index (χ1v) is 7.89. The fraction of sp³-hybridized carbons (Fsp3) is 0.588. The Morgan fingerprint density at radius 1 is 1.38 bits per heavy atom. The molecular weight excluding hydrogens is 264 g/mol. The van der Waals surface area contributed by atoms with Crippen molar-refractivity contribution in [1.82, 2.24) is 5.32 Å². The molecule has 2 saturated carbocycles. The summed E-state index contributed by atoms with van der Waals surface area (Å²) in [5.74, 6) is 0.103. The summed E-state index contributed by atoms with van der Waals surface area (Å²) in [6.45, 7) is 2.80. The van der Waals surface area contributed by atoms with Crippen LogP contribution >= 0.6 is 0 Å². The van der Waals surface area contributed by atoms with Gasteiger partial charge in [0.15, 0.2) is 0 Å². The van der Waals surface area contributed by atoms with Gasteiger partial charge in [-0.3, -0.25) is 4.79 Å². The van der Waals surface area contributed by atoms with E-state index in [1.165, 1.54) is 19.3 Å². The number of amides is 1. The number of ether oxygens (including phenoxy) is 1. The summed E-state index contributed by atoms with van der Waals surface area (Å²) in [7, 11) is 0. The Balaban J connectivity index is 1.55. The van der Waals surface area contributed by atoms with Crippen LogP contribution in [-0.2, 0) is 16.0 Å². The second-order valence-electron chi connectivity index (χ2n) is 6.30. The topological polar surface area (TPSA) is 64.3 Å². The van der Waals surface area contributed by atoms with E-state index in [4.69, 9.17) is 10.5 Å². The molecule has 1 amide bonds. The van der Waals surface area contributed by atoms with Crippen LogP contribution in [0.4, 0.5) is 5.69 Å². The standard InChI is InChI=1S/C17H24N2O2/c1-2-21-15-11-14(17(15)8-3-9-17)19-16(20)10-12-4-6-13(18)7-5-12/h4-7,14-15H,2-3,8-11,18H2,1H3,(H,19,20). The van der Waals surface area contributed by atoms with E-state index in [2.05, 4.69) is 5.32 Å². The first kappa shape index (κ1) is 14.4. The molecule has 114 valence electrons. The summed E-state index contributed by atoms with van der Waals surface area (Å²) >= 11 is 0. The van der Waals surface area contributed by atoms with Gasteiger partial charge in [-0.15, -0.1) is 0 Å². The number of hydrogen-bond acceptors (Lipinski definition) is 3. The minimum absolute atomic E-state index is 0.103. The third-order valence-corrected chi connectivity index (χ3v) is 5.12. The van der Waals surface area contributed by atoms with Gasteiger partial charge < -0.3 is 15.8 Å². The minimum Gasteiger partial charge on any atom is -0.399 e. The Hall–Kier alpha value is -1.55. The molecule has 3 N–H and O–H groups in total. The van der Waals surface area contributed by atoms with E-state index in [1.807, 2.05) is 31.2 Å². The molecule has 2 aliphatic rings. The molecule has 0 aromatic heterocycles. The van der Waals surface area contributed by atoms with Gasteiger partial charge in [0.1, 0.15) is 0 Å². The summed E-state index contributed by atoms with van der Waals surface area (Å²) in [6.07, 6.45) is 5.36. The lowest BCUT2D eigenvalue weighted by atomic mass is 9.51. The molecule has 0 bridgehead atoms. The zero-order valence-electron chi connectivity index (χ0n) is 12.6. The normalized spacial score (nSPS) is 26.0. The fourth-order valence-corrected chi connectivity index (χ4v) is 3.71. The molecule has 4 heteroatoms. The van der Waals surface area contributed by atoms with Crippen LogP contribution in [0.15, 0.2) is 24.3 Å². The summed E-state index contributed by atoms with van der Waals surface area (Å²) in [6, 6.07) is 7.80. The zero-order valence-corrected chi connectivity index (χ0v) is 12.6. The van der Waals surface area contributed by atoms with E-state index in [1.54, 1.807) is 0 Å². The van der Waals surface area contributed by atoms with Gasteiger partial charge in [0.25, 0.3) is 0 Å². The Labute approximate surface area is 126 Å². The lowest BCUT2D eigenvalue weighted by Gasteiger charge is -2.61. The number of rotatable bonds is 5. The van der Waals surface area contributed by atoms with E-state index in [9.17, 15) is 4.79 Å². The van der Waals surface area contributed by atoms with E-state index in [0.717, 1.165) is 24.3 Å². The van der Waals surface area contributed by atoms with Crippen molar-refractivity contribution in [3.05, 3.63) is 29.8 Å². The molecule has 2 atom stereocenters. The zero-order chi connectivity index (χ0) is 14.9. The highest BCUT2D eigenvalue weighted by Crippen LogP contribution is 2.57. The molecule has 1 spiro atoms. The molecule has 2 fully saturated rings. The van der Waals surface area contributed by atoms with Crippen LogP contribution < -0.4 is 11.1 Å². The summed E-state index contributed by atoms with van der Waals surface area (Å²) < 4.78 is 5.81. The van der Waals surface area contributed by atoms with Gasteiger partial charge in [0.2, 0.25) is 5.91 Å². The first-order valence-electron chi connectivity index (χ1n) is 7.89. The summed E-state index contributed by atoms with van der Waals surface area (Å²) in [5.41, 5.74) is 7.62. The molecule has 2 aliphatic carbocycles. The predicted molar refractivity (Wildman–Crippen MR) is 82.8 cm³/mol. The quantitative estimate of drug-likeness (QED) is 0.817. The fourth-order valence-electron chi connectivity index (χ4n) is 3.71. The monoisotopic (exact) mass is 288 g/mol. The molecule has 1 aromatic carbocycles. The van der Waals surface area contributed by atoms with Gasteiger partial charge in [-0.2, -0.15) is 0 Å². The Morgan fingerprint density at radius 2 is 2.10 bits per heavy atom. The maximum absolute atomic E-state index is 12.2. The van der Waals surface area contributed by atoms with E-state index < -0.39 is 0 Å². The van der Waals surface area contributed by atoms with Crippen LogP contribution in [0.1, 0.15) is 38.2 Å². The van der Waals surface area contributed by atoms with Crippen molar-refractivity contribution in [2.75, 3.05) is 12.3 Å². The van der Waals surface area contributed by atoms with Crippen LogP contribution in [0.2, 0.25) is 0 Å². The number of benzene rings is 1. The van der Waals surface area contributed by atoms with Crippen LogP contribution in [0.3, 0.4) is 0 Å². The van der Waals surface area contributed by atoms with Crippen molar-refractivity contribution in [3.63, 3.8) is 0 Å². The highest BCUT2D eigenvalue weighted by Gasteiger charge is 2.59. The van der Waals surface area contributed by atoms with E-state index in [0.29, 0.717) is 18.6 Å². The van der Waals surface area contributed by atoms with Crippen molar-refractivity contribution >= 4 is 11.6 Å². The molecule has 4 nitrogen and oxygen atoms in total. The van der Waals surface area contributed by atoms with Crippen molar-refractivity contribution in [2.24, 2.45) is 5.41 Å². The number of hydrogen-bond donors (Lipinski definition) is 2. The van der Waals surface area contributed by atoms with Gasteiger partial charge in [-0.1, -0.05) is 18.6 Å². The third kappa shape index (κ3) is 2.64. The van der Waals surface area contributed by atoms with E-state index >= 15 is 0 Å². The average molecular weight is 288 g/mol. The van der Waals surface area contributed by atoms with E-state index in [-0.39, 0.29) is 11.3 Å². The van der Waals surface area contributed by atoms with Crippen molar-refractivity contribution in [3.8, 4) is 0 Å².